The van der Waals surface area contributed by atoms with Gasteiger partial charge in [0.05, 0.1) is 25.3 Å². The third-order valence-corrected chi connectivity index (χ3v) is 11.7. The summed E-state index contributed by atoms with van der Waals surface area (Å²) in [5, 5.41) is 6.78. The molecule has 0 aliphatic rings. The van der Waals surface area contributed by atoms with E-state index < -0.39 is 18.2 Å². The topological polar surface area (TPSA) is 130 Å². The van der Waals surface area contributed by atoms with Crippen LogP contribution >= 0.6 is 0 Å². The van der Waals surface area contributed by atoms with Crippen LogP contribution in [-0.4, -0.2) is 61.2 Å². The van der Waals surface area contributed by atoms with Crippen molar-refractivity contribution in [1.29, 1.82) is 0 Å². The van der Waals surface area contributed by atoms with E-state index in [0.717, 1.165) is 47.7 Å². The van der Waals surface area contributed by atoms with Crippen molar-refractivity contribution >= 4 is 51.3 Å². The Hall–Kier alpha value is -3.87. The molecule has 0 saturated carbocycles. The molecule has 12 heteroatoms. The number of hydrogen-bond donors (Lipinski definition) is 2. The third kappa shape index (κ3) is 19.4. The van der Waals surface area contributed by atoms with E-state index in [-0.39, 0.29) is 12.2 Å². The van der Waals surface area contributed by atoms with Gasteiger partial charge in [0.1, 0.15) is 6.04 Å². The summed E-state index contributed by atoms with van der Waals surface area (Å²) in [5.74, 6) is -0.336. The van der Waals surface area contributed by atoms with E-state index in [4.69, 9.17) is 4.74 Å². The molecule has 2 atom stereocenters. The number of unbranched alkanes of at least 4 members (excludes halogenated alkanes) is 22. The zero-order chi connectivity index (χ0) is 44.1. The highest BCUT2D eigenvalue weighted by atomic mass is 17.2. The Morgan fingerprint density at radius 2 is 0.885 bits per heavy atom. The van der Waals surface area contributed by atoms with Crippen LogP contribution in [0, 0.1) is 0 Å². The number of fused-ring (bicyclic) bond motifs is 3. The molecule has 1 heterocycles. The number of rotatable bonds is 34. The van der Waals surface area contributed by atoms with E-state index in [9.17, 15) is 14.4 Å². The molecule has 0 spiro atoms. The van der Waals surface area contributed by atoms with E-state index in [0.29, 0.717) is 11.4 Å². The molecule has 0 aliphatic carbocycles. The van der Waals surface area contributed by atoms with Crippen molar-refractivity contribution in [3.05, 3.63) is 36.4 Å². The minimum Gasteiger partial charge on any atom is -0.445 e. The number of amides is 2. The largest absolute Gasteiger partial charge is 0.445 e. The summed E-state index contributed by atoms with van der Waals surface area (Å²) >= 11 is 0. The van der Waals surface area contributed by atoms with Crippen LogP contribution in [0.25, 0.3) is 21.8 Å². The van der Waals surface area contributed by atoms with Crippen LogP contribution in [0.4, 0.5) is 21.0 Å². The van der Waals surface area contributed by atoms with Crippen molar-refractivity contribution in [3.8, 4) is 0 Å². The Bertz CT molecular complexity index is 1570. The van der Waals surface area contributed by atoms with Gasteiger partial charge in [0.2, 0.25) is 0 Å². The summed E-state index contributed by atoms with van der Waals surface area (Å²) in [6.07, 6.45) is 29.3. The fourth-order valence-corrected chi connectivity index (χ4v) is 8.29. The Balaban J connectivity index is 1.67. The molecule has 2 unspecified atom stereocenters. The molecule has 1 aromatic heterocycles. The van der Waals surface area contributed by atoms with Crippen LogP contribution in [0.15, 0.2) is 36.4 Å². The first-order valence-electron chi connectivity index (χ1n) is 23.8. The predicted octanol–water partition coefficient (Wildman–Crippen LogP) is 14.2. The van der Waals surface area contributed by atoms with Crippen molar-refractivity contribution in [2.75, 3.05) is 37.9 Å². The first-order valence-corrected chi connectivity index (χ1v) is 23.8. The number of esters is 1. The highest BCUT2D eigenvalue weighted by Gasteiger charge is 2.26. The van der Waals surface area contributed by atoms with Crippen LogP contribution in [-0.2, 0) is 29.1 Å². The molecule has 0 fully saturated rings. The number of nitrogens with zero attached hydrogens (tertiary/aromatic N) is 2. The van der Waals surface area contributed by atoms with Crippen LogP contribution in [0.2, 0.25) is 0 Å². The molecule has 61 heavy (non-hydrogen) atoms. The van der Waals surface area contributed by atoms with Crippen molar-refractivity contribution in [3.63, 3.8) is 0 Å². The first-order chi connectivity index (χ1) is 29.7. The van der Waals surface area contributed by atoms with Crippen LogP contribution in [0.3, 0.4) is 0 Å². The lowest BCUT2D eigenvalue weighted by Crippen LogP contribution is -2.39. The normalized spacial score (nSPS) is 12.5. The molecule has 12 nitrogen and oxygen atoms in total. The number of ether oxygens (including phenoxy) is 1. The van der Waals surface area contributed by atoms with Gasteiger partial charge >= 0.3 is 18.2 Å². The Labute approximate surface area is 366 Å². The number of nitrogens with one attached hydrogen (secondary N) is 2. The Morgan fingerprint density at radius 3 is 1.23 bits per heavy atom. The highest BCUT2D eigenvalue weighted by Crippen LogP contribution is 2.36. The predicted molar refractivity (Wildman–Crippen MR) is 248 cm³/mol. The molecule has 0 aliphatic heterocycles. The maximum Gasteiger partial charge on any atom is 0.443 e. The number of carbonyl (C=O) groups excluding carboxylic acids is 3. The number of anilines is 2. The molecule has 0 saturated heterocycles. The van der Waals surface area contributed by atoms with Gasteiger partial charge in [-0.15, -0.1) is 0 Å². The van der Waals surface area contributed by atoms with E-state index in [1.807, 2.05) is 30.5 Å². The van der Waals surface area contributed by atoms with Gasteiger partial charge in [-0.1, -0.05) is 155 Å². The standard InChI is InChI=1S/C49H80N4O8/c1-7-9-11-13-15-17-19-21-23-25-27-29-35-52(36-30-28-26-24-22-20-18-16-14-12-10-8-2)40(4)59-47(54)39(3)53-45-33-31-41(50-48(55)60-57-5)37-43(45)44-38-42(32-34-46(44)53)51-49(56)61-58-6/h31-34,37-40H,7-30,35-36H2,1-6H3,(H,50,55)(H,51,56). The van der Waals surface area contributed by atoms with Crippen LogP contribution in [0.1, 0.15) is 188 Å². The molecule has 3 aromatic rings. The van der Waals surface area contributed by atoms with Crippen molar-refractivity contribution in [2.45, 2.75) is 194 Å². The summed E-state index contributed by atoms with van der Waals surface area (Å²) in [6.45, 7) is 10.2. The van der Waals surface area contributed by atoms with Gasteiger partial charge in [-0.05, 0) is 63.1 Å². The lowest BCUT2D eigenvalue weighted by molar-refractivity contribution is -0.208. The zero-order valence-corrected chi connectivity index (χ0v) is 38.7. The van der Waals surface area contributed by atoms with E-state index in [1.54, 1.807) is 24.3 Å². The second kappa shape index (κ2) is 31.0. The van der Waals surface area contributed by atoms with Crippen LogP contribution in [0.5, 0.6) is 0 Å². The quantitative estimate of drug-likeness (QED) is 0.0198. The molecule has 2 N–H and O–H groups in total. The van der Waals surface area contributed by atoms with Gasteiger partial charge in [-0.2, -0.15) is 9.78 Å². The van der Waals surface area contributed by atoms with Crippen LogP contribution < -0.4 is 10.6 Å². The van der Waals surface area contributed by atoms with Gasteiger partial charge < -0.3 is 9.30 Å². The fourth-order valence-electron chi connectivity index (χ4n) is 8.29. The smallest absolute Gasteiger partial charge is 0.443 e. The molecule has 2 aromatic carbocycles. The fraction of sp³-hybridized carbons (Fsp3) is 0.694. The zero-order valence-electron chi connectivity index (χ0n) is 38.7. The summed E-state index contributed by atoms with van der Waals surface area (Å²) < 4.78 is 8.25. The van der Waals surface area contributed by atoms with E-state index >= 15 is 0 Å². The van der Waals surface area contributed by atoms with E-state index in [1.165, 1.54) is 155 Å². The SMILES string of the molecule is CCCCCCCCCCCCCCN(CCCCCCCCCCCCCC)C(C)OC(=O)C(C)n1c2ccc(NC(=O)OOC)cc2c2cc(NC(=O)OOC)ccc21. The van der Waals surface area contributed by atoms with Gasteiger partial charge in [0, 0.05) is 35.2 Å². The number of hydrogen-bond acceptors (Lipinski definition) is 9. The minimum absolute atomic E-state index is 0.336. The average Bonchev–Trinajstić information content (AvgIpc) is 3.56. The third-order valence-electron chi connectivity index (χ3n) is 11.7. The number of aromatic nitrogens is 1. The number of carbonyl (C=O) groups is 3. The maximum atomic E-state index is 14.1. The summed E-state index contributed by atoms with van der Waals surface area (Å²) in [4.78, 5) is 59.0. The molecular weight excluding hydrogens is 773 g/mol. The maximum absolute atomic E-state index is 14.1. The Kier molecular flexibility index (Phi) is 26.2. The summed E-state index contributed by atoms with van der Waals surface area (Å²) in [5.41, 5.74) is 2.42. The van der Waals surface area contributed by atoms with Gasteiger partial charge in [0.25, 0.3) is 0 Å². The van der Waals surface area contributed by atoms with Gasteiger partial charge in [-0.3, -0.25) is 25.3 Å². The van der Waals surface area contributed by atoms with Gasteiger partial charge in [0.15, 0.2) is 6.23 Å². The second-order valence-corrected chi connectivity index (χ2v) is 16.7. The monoisotopic (exact) mass is 853 g/mol. The van der Waals surface area contributed by atoms with E-state index in [2.05, 4.69) is 48.9 Å². The lowest BCUT2D eigenvalue weighted by Gasteiger charge is -2.30. The summed E-state index contributed by atoms with van der Waals surface area (Å²) in [6, 6.07) is 10.0. The molecule has 3 rings (SSSR count). The minimum atomic E-state index is -0.780. The Morgan fingerprint density at radius 1 is 0.541 bits per heavy atom. The summed E-state index contributed by atoms with van der Waals surface area (Å²) in [7, 11) is 2.50. The van der Waals surface area contributed by atoms with Gasteiger partial charge in [-0.25, -0.2) is 14.4 Å². The average molecular weight is 853 g/mol. The molecule has 2 amide bonds. The molecule has 0 radical (unpaired) electrons. The molecular formula is C49H80N4O8. The van der Waals surface area contributed by atoms with Crippen molar-refractivity contribution in [1.82, 2.24) is 9.47 Å². The lowest BCUT2D eigenvalue weighted by atomic mass is 10.0. The second-order valence-electron chi connectivity index (χ2n) is 16.7. The first kappa shape index (κ1) is 51.5. The van der Waals surface area contributed by atoms with Crippen molar-refractivity contribution < 1.29 is 38.7 Å². The van der Waals surface area contributed by atoms with Crippen molar-refractivity contribution in [2.24, 2.45) is 0 Å². The highest BCUT2D eigenvalue weighted by molar-refractivity contribution is 6.11. The molecule has 344 valence electrons. The molecule has 0 bridgehead atoms. The number of benzene rings is 2.